The van der Waals surface area contributed by atoms with E-state index in [1.807, 2.05) is 24.3 Å². The molecule has 4 N–H and O–H groups in total. The molecule has 0 bridgehead atoms. The van der Waals surface area contributed by atoms with Crippen LogP contribution in [0.15, 0.2) is 24.3 Å². The quantitative estimate of drug-likeness (QED) is 0.593. The second kappa shape index (κ2) is 9.60. The van der Waals surface area contributed by atoms with Crippen molar-refractivity contribution >= 4 is 17.7 Å². The minimum Gasteiger partial charge on any atom is -0.337 e. The fourth-order valence-electron chi connectivity index (χ4n) is 3.50. The van der Waals surface area contributed by atoms with Gasteiger partial charge in [0, 0.05) is 30.9 Å². The highest BCUT2D eigenvalue weighted by Crippen LogP contribution is 2.19. The predicted octanol–water partition coefficient (Wildman–Crippen LogP) is 2.64. The summed E-state index contributed by atoms with van der Waals surface area (Å²) >= 11 is 0. The second-order valence-corrected chi connectivity index (χ2v) is 7.41. The average molecular weight is 374 g/mol. The molecular formula is C20H31N5O2. The molecule has 1 aromatic carbocycles. The largest absolute Gasteiger partial charge is 0.337 e. The van der Waals surface area contributed by atoms with Gasteiger partial charge in [-0.25, -0.2) is 9.59 Å². The van der Waals surface area contributed by atoms with E-state index in [-0.39, 0.29) is 12.1 Å². The van der Waals surface area contributed by atoms with E-state index in [0.29, 0.717) is 25.2 Å². The smallest absolute Gasteiger partial charge is 0.319 e. The normalized spacial score (nSPS) is 20.0. The number of carbonyl (C=O) groups is 2. The third-order valence-corrected chi connectivity index (χ3v) is 5.20. The van der Waals surface area contributed by atoms with Crippen LogP contribution in [-0.2, 0) is 6.54 Å². The molecule has 1 aliphatic heterocycles. The molecule has 3 rings (SSSR count). The average Bonchev–Trinajstić information content (AvgIpc) is 3.49. The maximum absolute atomic E-state index is 12.1. The first-order chi connectivity index (χ1) is 13.1. The summed E-state index contributed by atoms with van der Waals surface area (Å²) in [5.41, 5.74) is 1.68. The van der Waals surface area contributed by atoms with E-state index in [1.54, 1.807) is 0 Å². The number of nitrogens with zero attached hydrogens (tertiary/aromatic N) is 1. The molecule has 7 heteroatoms. The number of likely N-dealkylation sites (tertiary alicyclic amines) is 1. The van der Waals surface area contributed by atoms with Crippen LogP contribution in [0.4, 0.5) is 15.3 Å². The minimum atomic E-state index is -0.173. The van der Waals surface area contributed by atoms with Crippen LogP contribution in [0.5, 0.6) is 0 Å². The molecule has 0 aromatic heterocycles. The molecule has 148 valence electrons. The lowest BCUT2D eigenvalue weighted by Gasteiger charge is -2.34. The number of hydrogen-bond acceptors (Lipinski definition) is 3. The third kappa shape index (κ3) is 6.43. The SMILES string of the molecule is CCN1CCCC[C@H]1CNC(=O)NCc1cccc(NC(=O)NC2CC2)c1. The molecule has 4 amide bonds. The summed E-state index contributed by atoms with van der Waals surface area (Å²) in [6.07, 6.45) is 5.75. The van der Waals surface area contributed by atoms with Crippen molar-refractivity contribution in [1.29, 1.82) is 0 Å². The molecule has 0 radical (unpaired) electrons. The lowest BCUT2D eigenvalue weighted by molar-refractivity contribution is 0.153. The summed E-state index contributed by atoms with van der Waals surface area (Å²) < 4.78 is 0. The monoisotopic (exact) mass is 373 g/mol. The van der Waals surface area contributed by atoms with E-state index in [0.717, 1.165) is 43.6 Å². The van der Waals surface area contributed by atoms with Crippen LogP contribution in [0.3, 0.4) is 0 Å². The van der Waals surface area contributed by atoms with Gasteiger partial charge in [-0.3, -0.25) is 4.90 Å². The molecule has 0 spiro atoms. The van der Waals surface area contributed by atoms with E-state index in [2.05, 4.69) is 33.1 Å². The maximum atomic E-state index is 12.1. The van der Waals surface area contributed by atoms with Crippen LogP contribution in [0.2, 0.25) is 0 Å². The Labute approximate surface area is 161 Å². The third-order valence-electron chi connectivity index (χ3n) is 5.20. The summed E-state index contributed by atoms with van der Waals surface area (Å²) in [4.78, 5) is 26.4. The van der Waals surface area contributed by atoms with Gasteiger partial charge < -0.3 is 21.3 Å². The zero-order valence-corrected chi connectivity index (χ0v) is 16.1. The van der Waals surface area contributed by atoms with Gasteiger partial charge in [-0.1, -0.05) is 25.5 Å². The maximum Gasteiger partial charge on any atom is 0.319 e. The van der Waals surface area contributed by atoms with E-state index < -0.39 is 0 Å². The molecule has 1 aromatic rings. The van der Waals surface area contributed by atoms with Gasteiger partial charge in [-0.2, -0.15) is 0 Å². The molecule has 1 atom stereocenters. The molecule has 1 heterocycles. The Morgan fingerprint density at radius 3 is 2.74 bits per heavy atom. The molecular weight excluding hydrogens is 342 g/mol. The zero-order chi connectivity index (χ0) is 19.1. The highest BCUT2D eigenvalue weighted by atomic mass is 16.2. The molecule has 7 nitrogen and oxygen atoms in total. The van der Waals surface area contributed by atoms with Gasteiger partial charge in [0.2, 0.25) is 0 Å². The number of rotatable bonds is 7. The number of benzene rings is 1. The van der Waals surface area contributed by atoms with Crippen molar-refractivity contribution in [1.82, 2.24) is 20.9 Å². The van der Waals surface area contributed by atoms with Gasteiger partial charge in [0.25, 0.3) is 0 Å². The van der Waals surface area contributed by atoms with E-state index in [4.69, 9.17) is 0 Å². The molecule has 1 saturated carbocycles. The molecule has 1 aliphatic carbocycles. The Hall–Kier alpha value is -2.28. The van der Waals surface area contributed by atoms with Gasteiger partial charge in [-0.05, 0) is 56.5 Å². The van der Waals surface area contributed by atoms with Crippen molar-refractivity contribution in [2.75, 3.05) is 25.0 Å². The number of hydrogen-bond donors (Lipinski definition) is 4. The van der Waals surface area contributed by atoms with E-state index in [9.17, 15) is 9.59 Å². The molecule has 2 fully saturated rings. The first-order valence-electron chi connectivity index (χ1n) is 10.1. The molecule has 1 saturated heterocycles. The van der Waals surface area contributed by atoms with Crippen molar-refractivity contribution in [2.45, 2.75) is 57.7 Å². The summed E-state index contributed by atoms with van der Waals surface area (Å²) in [6, 6.07) is 7.98. The Kier molecular flexibility index (Phi) is 6.92. The summed E-state index contributed by atoms with van der Waals surface area (Å²) in [5.74, 6) is 0. The second-order valence-electron chi connectivity index (χ2n) is 7.41. The fraction of sp³-hybridized carbons (Fsp3) is 0.600. The summed E-state index contributed by atoms with van der Waals surface area (Å²) in [5, 5.41) is 11.6. The minimum absolute atomic E-state index is 0.151. The van der Waals surface area contributed by atoms with Crippen molar-refractivity contribution in [2.24, 2.45) is 0 Å². The number of carbonyl (C=O) groups excluding carboxylic acids is 2. The Morgan fingerprint density at radius 2 is 1.96 bits per heavy atom. The zero-order valence-electron chi connectivity index (χ0n) is 16.1. The van der Waals surface area contributed by atoms with Gasteiger partial charge in [0.05, 0.1) is 0 Å². The molecule has 27 heavy (non-hydrogen) atoms. The van der Waals surface area contributed by atoms with Gasteiger partial charge in [0.15, 0.2) is 0 Å². The number of amides is 4. The van der Waals surface area contributed by atoms with Gasteiger partial charge in [-0.15, -0.1) is 0 Å². The number of urea groups is 2. The predicted molar refractivity (Wildman–Crippen MR) is 107 cm³/mol. The standard InChI is InChI=1S/C20H31N5O2/c1-2-25-11-4-3-8-18(25)14-22-19(26)21-13-15-6-5-7-17(12-15)24-20(27)23-16-9-10-16/h5-7,12,16,18H,2-4,8-11,13-14H2,1H3,(H2,21,22,26)(H2,23,24,27)/t18-/m0/s1. The van der Waals surface area contributed by atoms with E-state index in [1.165, 1.54) is 12.8 Å². The Balaban J connectivity index is 1.40. The molecule has 0 unspecified atom stereocenters. The first kappa shape index (κ1) is 19.5. The first-order valence-corrected chi connectivity index (χ1v) is 10.1. The van der Waals surface area contributed by atoms with Crippen LogP contribution >= 0.6 is 0 Å². The van der Waals surface area contributed by atoms with Crippen molar-refractivity contribution in [3.63, 3.8) is 0 Å². The lowest BCUT2D eigenvalue weighted by Crippen LogP contribution is -2.48. The van der Waals surface area contributed by atoms with Crippen LogP contribution in [0.25, 0.3) is 0 Å². The summed E-state index contributed by atoms with van der Waals surface area (Å²) in [7, 11) is 0. The highest BCUT2D eigenvalue weighted by Gasteiger charge is 2.23. The van der Waals surface area contributed by atoms with Crippen molar-refractivity contribution < 1.29 is 9.59 Å². The molecule has 2 aliphatic rings. The highest BCUT2D eigenvalue weighted by molar-refractivity contribution is 5.89. The number of likely N-dealkylation sites (N-methyl/N-ethyl adjacent to an activating group) is 1. The van der Waals surface area contributed by atoms with E-state index >= 15 is 0 Å². The fourth-order valence-corrected chi connectivity index (χ4v) is 3.50. The van der Waals surface area contributed by atoms with Crippen molar-refractivity contribution in [3.05, 3.63) is 29.8 Å². The lowest BCUT2D eigenvalue weighted by atomic mass is 10.0. The van der Waals surface area contributed by atoms with Crippen LogP contribution in [0, 0.1) is 0 Å². The van der Waals surface area contributed by atoms with Gasteiger partial charge >= 0.3 is 12.1 Å². The van der Waals surface area contributed by atoms with Crippen LogP contribution in [0.1, 0.15) is 44.6 Å². The number of piperidine rings is 1. The van der Waals surface area contributed by atoms with Crippen LogP contribution in [-0.4, -0.2) is 48.7 Å². The number of nitrogens with one attached hydrogen (secondary N) is 4. The Morgan fingerprint density at radius 1 is 1.11 bits per heavy atom. The van der Waals surface area contributed by atoms with Crippen LogP contribution < -0.4 is 21.3 Å². The number of anilines is 1. The topological polar surface area (TPSA) is 85.5 Å². The summed E-state index contributed by atoms with van der Waals surface area (Å²) in [6.45, 7) is 5.43. The van der Waals surface area contributed by atoms with Crippen molar-refractivity contribution in [3.8, 4) is 0 Å². The van der Waals surface area contributed by atoms with Gasteiger partial charge in [0.1, 0.15) is 0 Å². The Bertz CT molecular complexity index is 647.